The topological polar surface area (TPSA) is 29.0 Å². The van der Waals surface area contributed by atoms with Gasteiger partial charge < -0.3 is 4.90 Å². The summed E-state index contributed by atoms with van der Waals surface area (Å²) in [5, 5.41) is 4.27. The minimum Gasteiger partial charge on any atom is -0.345 e. The van der Waals surface area contributed by atoms with Crippen molar-refractivity contribution in [2.24, 2.45) is 0 Å². The molecule has 1 aromatic carbocycles. The molecule has 0 atom stereocenters. The largest absolute Gasteiger partial charge is 0.345 e. The van der Waals surface area contributed by atoms with Gasteiger partial charge in [0.2, 0.25) is 0 Å². The van der Waals surface area contributed by atoms with Gasteiger partial charge in [-0.15, -0.1) is 11.3 Å². The highest BCUT2D eigenvalue weighted by Gasteiger charge is 2.09. The summed E-state index contributed by atoms with van der Waals surface area (Å²) in [5.74, 6) is 0. The van der Waals surface area contributed by atoms with Crippen LogP contribution in [0, 0.1) is 6.92 Å². The van der Waals surface area contributed by atoms with Crippen molar-refractivity contribution in [3.63, 3.8) is 0 Å². The average molecular weight is 275 g/mol. The third kappa shape index (κ3) is 2.23. The van der Waals surface area contributed by atoms with Crippen molar-refractivity contribution >= 4 is 38.0 Å². The predicted octanol–water partition coefficient (Wildman–Crippen LogP) is 3.70. The van der Waals surface area contributed by atoms with Crippen LogP contribution >= 0.6 is 22.7 Å². The van der Waals surface area contributed by atoms with Gasteiger partial charge in [0.1, 0.15) is 0 Å². The number of para-hydroxylation sites is 1. The van der Waals surface area contributed by atoms with Crippen LogP contribution < -0.4 is 4.90 Å². The van der Waals surface area contributed by atoms with E-state index in [0.717, 1.165) is 27.9 Å². The number of aryl methyl sites for hydroxylation is 1. The van der Waals surface area contributed by atoms with Gasteiger partial charge in [-0.2, -0.15) is 0 Å². The fourth-order valence-corrected chi connectivity index (χ4v) is 3.34. The first-order valence-corrected chi connectivity index (χ1v) is 7.40. The summed E-state index contributed by atoms with van der Waals surface area (Å²) in [6, 6.07) is 8.23. The monoisotopic (exact) mass is 275 g/mol. The van der Waals surface area contributed by atoms with Crippen LogP contribution in [0.1, 0.15) is 10.7 Å². The van der Waals surface area contributed by atoms with E-state index in [-0.39, 0.29) is 0 Å². The highest BCUT2D eigenvalue weighted by Crippen LogP contribution is 2.28. The van der Waals surface area contributed by atoms with Crippen LogP contribution in [0.3, 0.4) is 0 Å². The smallest absolute Gasteiger partial charge is 0.186 e. The lowest BCUT2D eigenvalue weighted by Crippen LogP contribution is -2.16. The predicted molar refractivity (Wildman–Crippen MR) is 78.6 cm³/mol. The van der Waals surface area contributed by atoms with Crippen LogP contribution in [0.2, 0.25) is 0 Å². The fraction of sp³-hybridized carbons (Fsp3) is 0.231. The van der Waals surface area contributed by atoms with Crippen LogP contribution in [0.4, 0.5) is 5.13 Å². The molecule has 0 fully saturated rings. The van der Waals surface area contributed by atoms with Gasteiger partial charge in [-0.3, -0.25) is 0 Å². The van der Waals surface area contributed by atoms with Crippen molar-refractivity contribution in [1.29, 1.82) is 0 Å². The molecule has 0 bridgehead atoms. The molecule has 5 heteroatoms. The second-order valence-electron chi connectivity index (χ2n) is 4.18. The second-order valence-corrected chi connectivity index (χ2v) is 6.25. The number of hydrogen-bond acceptors (Lipinski definition) is 5. The van der Waals surface area contributed by atoms with E-state index in [9.17, 15) is 0 Å². The van der Waals surface area contributed by atoms with Crippen molar-refractivity contribution in [3.8, 4) is 0 Å². The van der Waals surface area contributed by atoms with E-state index in [1.807, 2.05) is 19.1 Å². The zero-order chi connectivity index (χ0) is 12.5. The molecular weight excluding hydrogens is 262 g/mol. The molecule has 0 saturated heterocycles. The van der Waals surface area contributed by atoms with E-state index in [4.69, 9.17) is 0 Å². The molecule has 0 radical (unpaired) electrons. The van der Waals surface area contributed by atoms with E-state index in [1.54, 1.807) is 22.7 Å². The van der Waals surface area contributed by atoms with Gasteiger partial charge in [0.05, 0.1) is 27.5 Å². The summed E-state index contributed by atoms with van der Waals surface area (Å²) in [5.41, 5.74) is 2.18. The van der Waals surface area contributed by atoms with E-state index in [2.05, 4.69) is 39.4 Å². The number of nitrogens with zero attached hydrogens (tertiary/aromatic N) is 3. The van der Waals surface area contributed by atoms with Gasteiger partial charge in [0, 0.05) is 12.4 Å². The van der Waals surface area contributed by atoms with Gasteiger partial charge in [-0.1, -0.05) is 23.5 Å². The van der Waals surface area contributed by atoms with Crippen molar-refractivity contribution < 1.29 is 0 Å². The Morgan fingerprint density at radius 1 is 1.22 bits per heavy atom. The molecule has 2 aromatic heterocycles. The van der Waals surface area contributed by atoms with Crippen molar-refractivity contribution in [2.75, 3.05) is 11.9 Å². The molecular formula is C13H13N3S2. The highest BCUT2D eigenvalue weighted by molar-refractivity contribution is 7.22. The van der Waals surface area contributed by atoms with E-state index >= 15 is 0 Å². The maximum atomic E-state index is 4.64. The number of fused-ring (bicyclic) bond motifs is 1. The Kier molecular flexibility index (Phi) is 3.01. The summed E-state index contributed by atoms with van der Waals surface area (Å²) in [4.78, 5) is 11.3. The molecule has 0 unspecified atom stereocenters. The number of aromatic nitrogens is 2. The van der Waals surface area contributed by atoms with Gasteiger partial charge in [-0.05, 0) is 19.1 Å². The molecule has 3 nitrogen and oxygen atoms in total. The fourth-order valence-electron chi connectivity index (χ4n) is 1.81. The number of anilines is 1. The first-order valence-electron chi connectivity index (χ1n) is 5.70. The second kappa shape index (κ2) is 4.66. The van der Waals surface area contributed by atoms with Crippen LogP contribution in [0.15, 0.2) is 29.6 Å². The first-order chi connectivity index (χ1) is 8.72. The normalized spacial score (nSPS) is 11.0. The molecule has 0 spiro atoms. The number of rotatable bonds is 3. The van der Waals surface area contributed by atoms with Crippen LogP contribution in [0.5, 0.6) is 0 Å². The van der Waals surface area contributed by atoms with Crippen molar-refractivity contribution in [2.45, 2.75) is 13.5 Å². The third-order valence-electron chi connectivity index (χ3n) is 2.67. The lowest BCUT2D eigenvalue weighted by Gasteiger charge is -2.13. The SMILES string of the molecule is Cc1nc(CN(C)c2nc3ccccc3s2)cs1. The minimum absolute atomic E-state index is 0.810. The lowest BCUT2D eigenvalue weighted by molar-refractivity contribution is 0.886. The van der Waals surface area contributed by atoms with Crippen molar-refractivity contribution in [1.82, 2.24) is 9.97 Å². The Morgan fingerprint density at radius 3 is 2.78 bits per heavy atom. The molecule has 0 aliphatic carbocycles. The first kappa shape index (κ1) is 11.6. The Bertz CT molecular complexity index is 638. The zero-order valence-electron chi connectivity index (χ0n) is 10.3. The summed E-state index contributed by atoms with van der Waals surface area (Å²) >= 11 is 3.41. The maximum absolute atomic E-state index is 4.64. The Morgan fingerprint density at radius 2 is 2.06 bits per heavy atom. The van der Waals surface area contributed by atoms with Crippen molar-refractivity contribution in [3.05, 3.63) is 40.3 Å². The zero-order valence-corrected chi connectivity index (χ0v) is 11.9. The maximum Gasteiger partial charge on any atom is 0.186 e. The third-order valence-corrected chi connectivity index (χ3v) is 4.65. The van der Waals surface area contributed by atoms with Crippen LogP contribution in [0.25, 0.3) is 10.2 Å². The Balaban J connectivity index is 1.85. The molecule has 3 aromatic rings. The molecule has 2 heterocycles. The Labute approximate surface area is 114 Å². The van der Waals surface area contributed by atoms with Gasteiger partial charge in [0.15, 0.2) is 5.13 Å². The van der Waals surface area contributed by atoms with Gasteiger partial charge >= 0.3 is 0 Å². The summed E-state index contributed by atoms with van der Waals surface area (Å²) in [7, 11) is 2.06. The lowest BCUT2D eigenvalue weighted by atomic mass is 10.3. The van der Waals surface area contributed by atoms with Crippen LogP contribution in [-0.4, -0.2) is 17.0 Å². The molecule has 92 valence electrons. The number of hydrogen-bond donors (Lipinski definition) is 0. The van der Waals surface area contributed by atoms with Crippen LogP contribution in [-0.2, 0) is 6.54 Å². The molecule has 0 aliphatic heterocycles. The van der Waals surface area contributed by atoms with E-state index in [1.165, 1.54) is 4.70 Å². The Hall–Kier alpha value is -1.46. The summed E-state index contributed by atoms with van der Waals surface area (Å²) < 4.78 is 1.23. The summed E-state index contributed by atoms with van der Waals surface area (Å²) in [6.07, 6.45) is 0. The van der Waals surface area contributed by atoms with E-state index in [0.29, 0.717) is 0 Å². The standard InChI is InChI=1S/C13H13N3S2/c1-9-14-10(8-17-9)7-16(2)13-15-11-5-3-4-6-12(11)18-13/h3-6,8H,7H2,1-2H3. The minimum atomic E-state index is 0.810. The number of benzene rings is 1. The molecule has 0 amide bonds. The molecule has 0 saturated carbocycles. The quantitative estimate of drug-likeness (QED) is 0.730. The van der Waals surface area contributed by atoms with Gasteiger partial charge in [0.25, 0.3) is 0 Å². The molecule has 0 N–H and O–H groups in total. The molecule has 3 rings (SSSR count). The molecule has 18 heavy (non-hydrogen) atoms. The highest BCUT2D eigenvalue weighted by atomic mass is 32.1. The molecule has 0 aliphatic rings. The average Bonchev–Trinajstić information content (AvgIpc) is 2.95. The number of thiazole rings is 2. The van der Waals surface area contributed by atoms with E-state index < -0.39 is 0 Å². The summed E-state index contributed by atoms with van der Waals surface area (Å²) in [6.45, 7) is 2.84. The van der Waals surface area contributed by atoms with Gasteiger partial charge in [-0.25, -0.2) is 9.97 Å².